The fourth-order valence-electron chi connectivity index (χ4n) is 4.77. The fraction of sp³-hybridized carbons (Fsp3) is 0.632. The molecular formula is C19H26N2O2. The van der Waals surface area contributed by atoms with Gasteiger partial charge in [0.25, 0.3) is 5.91 Å². The second-order valence-corrected chi connectivity index (χ2v) is 7.98. The van der Waals surface area contributed by atoms with Crippen LogP contribution < -0.4 is 5.48 Å². The molecule has 23 heavy (non-hydrogen) atoms. The van der Waals surface area contributed by atoms with E-state index < -0.39 is 5.91 Å². The van der Waals surface area contributed by atoms with Crippen LogP contribution in [0.15, 0.2) is 18.2 Å². The van der Waals surface area contributed by atoms with Crippen LogP contribution in [-0.4, -0.2) is 35.1 Å². The summed E-state index contributed by atoms with van der Waals surface area (Å²) in [4.78, 5) is 14.5. The molecule has 1 aliphatic heterocycles. The normalized spacial score (nSPS) is 33.2. The number of rotatable bonds is 3. The molecular weight excluding hydrogens is 288 g/mol. The number of amides is 1. The molecule has 1 aromatic carbocycles. The van der Waals surface area contributed by atoms with Crippen molar-refractivity contribution in [2.75, 3.05) is 13.1 Å². The Bertz CT molecular complexity index is 640. The van der Waals surface area contributed by atoms with Gasteiger partial charge in [-0.2, -0.15) is 0 Å². The van der Waals surface area contributed by atoms with Crippen molar-refractivity contribution >= 4 is 5.91 Å². The van der Waals surface area contributed by atoms with Crippen LogP contribution in [0.3, 0.4) is 0 Å². The summed E-state index contributed by atoms with van der Waals surface area (Å²) in [5, 5.41) is 8.90. The van der Waals surface area contributed by atoms with Gasteiger partial charge in [0, 0.05) is 18.2 Å². The zero-order valence-electron chi connectivity index (χ0n) is 14.0. The summed E-state index contributed by atoms with van der Waals surface area (Å²) >= 11 is 0. The summed E-state index contributed by atoms with van der Waals surface area (Å²) in [7, 11) is 0. The number of carbonyl (C=O) groups is 1. The standard InChI is InChI=1S/C19H26N2O2/c1-12-17-10-14-5-6-15(18(22)20-23)9-16(14)19(12,2)7-8-21(17)11-13-3-4-13/h5-6,9,12-13,17,23H,3-4,7-8,10-11H2,1-2H3,(H,20,22)/t12-,17?,19-/m0/s1. The molecule has 1 aromatic rings. The van der Waals surface area contributed by atoms with Crippen LogP contribution in [0.25, 0.3) is 0 Å². The van der Waals surface area contributed by atoms with E-state index in [1.54, 1.807) is 5.48 Å². The Morgan fingerprint density at radius 3 is 2.91 bits per heavy atom. The molecule has 3 atom stereocenters. The highest BCUT2D eigenvalue weighted by molar-refractivity contribution is 5.93. The highest BCUT2D eigenvalue weighted by Crippen LogP contribution is 2.49. The lowest BCUT2D eigenvalue weighted by molar-refractivity contribution is 0.0283. The van der Waals surface area contributed by atoms with E-state index >= 15 is 0 Å². The molecule has 3 aliphatic rings. The molecule has 2 fully saturated rings. The van der Waals surface area contributed by atoms with E-state index in [0.29, 0.717) is 17.5 Å². The summed E-state index contributed by atoms with van der Waals surface area (Å²) in [6.45, 7) is 7.17. The molecule has 4 heteroatoms. The van der Waals surface area contributed by atoms with Gasteiger partial charge in [-0.05, 0) is 72.7 Å². The second kappa shape index (κ2) is 5.32. The van der Waals surface area contributed by atoms with Crippen LogP contribution in [0.1, 0.15) is 54.6 Å². The molecule has 124 valence electrons. The molecule has 1 saturated carbocycles. The number of likely N-dealkylation sites (tertiary alicyclic amines) is 1. The average Bonchev–Trinajstić information content (AvgIpc) is 3.36. The van der Waals surface area contributed by atoms with Crippen molar-refractivity contribution in [3.63, 3.8) is 0 Å². The van der Waals surface area contributed by atoms with E-state index in [2.05, 4.69) is 24.8 Å². The first-order valence-electron chi connectivity index (χ1n) is 8.85. The maximum atomic E-state index is 11.8. The molecule has 1 unspecified atom stereocenters. The Kier molecular flexibility index (Phi) is 3.50. The Morgan fingerprint density at radius 1 is 1.43 bits per heavy atom. The molecule has 1 saturated heterocycles. The number of fused-ring (bicyclic) bond motifs is 4. The van der Waals surface area contributed by atoms with Crippen LogP contribution in [0.5, 0.6) is 0 Å². The molecule has 2 aliphatic carbocycles. The highest BCUT2D eigenvalue weighted by atomic mass is 16.5. The largest absolute Gasteiger partial charge is 0.299 e. The maximum absolute atomic E-state index is 11.8. The summed E-state index contributed by atoms with van der Waals surface area (Å²) in [6.07, 6.45) is 5.05. The van der Waals surface area contributed by atoms with Gasteiger partial charge in [0.2, 0.25) is 0 Å². The smallest absolute Gasteiger partial charge is 0.274 e. The number of hydrogen-bond acceptors (Lipinski definition) is 3. The number of carbonyl (C=O) groups excluding carboxylic acids is 1. The Labute approximate surface area is 137 Å². The Morgan fingerprint density at radius 2 is 2.22 bits per heavy atom. The molecule has 2 N–H and O–H groups in total. The van der Waals surface area contributed by atoms with E-state index in [9.17, 15) is 4.79 Å². The molecule has 4 rings (SSSR count). The minimum absolute atomic E-state index is 0.129. The SMILES string of the molecule is C[C@H]1C2Cc3ccc(C(=O)NO)cc3[C@@]1(C)CCN2CC1CC1. The quantitative estimate of drug-likeness (QED) is 0.666. The Balaban J connectivity index is 1.70. The van der Waals surface area contributed by atoms with Gasteiger partial charge >= 0.3 is 0 Å². The second-order valence-electron chi connectivity index (χ2n) is 7.98. The average molecular weight is 314 g/mol. The summed E-state index contributed by atoms with van der Waals surface area (Å²) in [5.41, 5.74) is 5.13. The van der Waals surface area contributed by atoms with Gasteiger partial charge < -0.3 is 0 Å². The van der Waals surface area contributed by atoms with Crippen molar-refractivity contribution in [1.82, 2.24) is 10.4 Å². The first kappa shape index (κ1) is 15.2. The zero-order chi connectivity index (χ0) is 16.2. The van der Waals surface area contributed by atoms with E-state index in [4.69, 9.17) is 5.21 Å². The van der Waals surface area contributed by atoms with Crippen molar-refractivity contribution in [1.29, 1.82) is 0 Å². The lowest BCUT2D eigenvalue weighted by Gasteiger charge is -2.55. The number of hydroxylamine groups is 1. The number of benzene rings is 1. The zero-order valence-corrected chi connectivity index (χ0v) is 14.0. The van der Waals surface area contributed by atoms with Gasteiger partial charge in [-0.25, -0.2) is 5.48 Å². The van der Waals surface area contributed by atoms with Crippen molar-refractivity contribution in [3.8, 4) is 0 Å². The number of piperidine rings is 1. The van der Waals surface area contributed by atoms with Gasteiger partial charge in [-0.3, -0.25) is 14.9 Å². The minimum Gasteiger partial charge on any atom is -0.299 e. The molecule has 0 radical (unpaired) electrons. The van der Waals surface area contributed by atoms with E-state index in [0.717, 1.165) is 25.3 Å². The lowest BCUT2D eigenvalue weighted by Crippen LogP contribution is -2.58. The summed E-state index contributed by atoms with van der Waals surface area (Å²) in [5.74, 6) is 1.11. The summed E-state index contributed by atoms with van der Waals surface area (Å²) in [6, 6.07) is 6.56. The lowest BCUT2D eigenvalue weighted by atomic mass is 9.59. The van der Waals surface area contributed by atoms with E-state index in [1.165, 1.54) is 30.5 Å². The van der Waals surface area contributed by atoms with Crippen LogP contribution >= 0.6 is 0 Å². The number of nitrogens with one attached hydrogen (secondary N) is 1. The van der Waals surface area contributed by atoms with Gasteiger partial charge in [0.05, 0.1) is 0 Å². The third kappa shape index (κ3) is 2.39. The minimum atomic E-state index is -0.419. The monoisotopic (exact) mass is 314 g/mol. The highest BCUT2D eigenvalue weighted by Gasteiger charge is 2.49. The third-order valence-electron chi connectivity index (χ3n) is 6.68. The number of nitrogens with zero attached hydrogens (tertiary/aromatic N) is 1. The van der Waals surface area contributed by atoms with Crippen molar-refractivity contribution in [3.05, 3.63) is 34.9 Å². The molecule has 0 spiro atoms. The van der Waals surface area contributed by atoms with Crippen LogP contribution in [0.4, 0.5) is 0 Å². The predicted octanol–water partition coefficient (Wildman–Crippen LogP) is 2.74. The van der Waals surface area contributed by atoms with Crippen LogP contribution in [-0.2, 0) is 11.8 Å². The molecule has 1 heterocycles. The molecule has 1 amide bonds. The van der Waals surface area contributed by atoms with Gasteiger partial charge in [0.15, 0.2) is 0 Å². The molecule has 2 bridgehead atoms. The van der Waals surface area contributed by atoms with Crippen molar-refractivity contribution in [2.45, 2.75) is 51.0 Å². The van der Waals surface area contributed by atoms with Crippen molar-refractivity contribution < 1.29 is 10.0 Å². The van der Waals surface area contributed by atoms with E-state index in [1.807, 2.05) is 12.1 Å². The van der Waals surface area contributed by atoms with Crippen molar-refractivity contribution in [2.24, 2.45) is 11.8 Å². The van der Waals surface area contributed by atoms with Gasteiger partial charge in [-0.1, -0.05) is 19.9 Å². The molecule has 0 aromatic heterocycles. The maximum Gasteiger partial charge on any atom is 0.274 e. The topological polar surface area (TPSA) is 52.6 Å². The fourth-order valence-corrected chi connectivity index (χ4v) is 4.77. The first-order chi connectivity index (χ1) is 11.0. The first-order valence-corrected chi connectivity index (χ1v) is 8.85. The molecule has 4 nitrogen and oxygen atoms in total. The third-order valence-corrected chi connectivity index (χ3v) is 6.68. The van der Waals surface area contributed by atoms with Crippen LogP contribution in [0.2, 0.25) is 0 Å². The predicted molar refractivity (Wildman–Crippen MR) is 88.6 cm³/mol. The Hall–Kier alpha value is -1.39. The van der Waals surface area contributed by atoms with E-state index in [-0.39, 0.29) is 5.41 Å². The van der Waals surface area contributed by atoms with Crippen LogP contribution in [0, 0.1) is 11.8 Å². The van der Waals surface area contributed by atoms with Gasteiger partial charge in [-0.15, -0.1) is 0 Å². The summed E-state index contributed by atoms with van der Waals surface area (Å²) < 4.78 is 0. The van der Waals surface area contributed by atoms with Gasteiger partial charge in [0.1, 0.15) is 0 Å². The number of hydrogen-bond donors (Lipinski definition) is 2.